The van der Waals surface area contributed by atoms with Gasteiger partial charge in [-0.1, -0.05) is 0 Å². The average molecular weight is 405 g/mol. The van der Waals surface area contributed by atoms with Gasteiger partial charge >= 0.3 is 0 Å². The van der Waals surface area contributed by atoms with Crippen LogP contribution in [0.4, 0.5) is 0 Å². The Labute approximate surface area is 171 Å². The van der Waals surface area contributed by atoms with Gasteiger partial charge in [0.25, 0.3) is 0 Å². The molecular formula is C20H32N6O3. The number of ether oxygens (including phenoxy) is 1. The maximum absolute atomic E-state index is 12.8. The minimum atomic E-state index is -0.110. The fourth-order valence-corrected chi connectivity index (χ4v) is 5.38. The van der Waals surface area contributed by atoms with Crippen molar-refractivity contribution in [3.63, 3.8) is 0 Å². The van der Waals surface area contributed by atoms with E-state index in [9.17, 15) is 9.59 Å². The van der Waals surface area contributed by atoms with Crippen LogP contribution in [-0.2, 0) is 27.9 Å². The fraction of sp³-hybridized carbons (Fsp3) is 0.800. The standard InChI is InChI=1S/C20H32N6O3/c1-3-29-12-19(27)21-8-17-15-7-14(16-5-4-6-20(28)26(16)17)9-25(10-15)11-18-23-22-13-24(18)2/h13-17H,3-12H2,1-2H3,(H,21,27)/t14-,15+,16+,17+/m1/s1. The van der Waals surface area contributed by atoms with E-state index in [4.69, 9.17) is 4.74 Å². The van der Waals surface area contributed by atoms with Gasteiger partial charge in [-0.05, 0) is 38.0 Å². The highest BCUT2D eigenvalue weighted by atomic mass is 16.5. The quantitative estimate of drug-likeness (QED) is 0.696. The third kappa shape index (κ3) is 4.30. The number of hydrogen-bond acceptors (Lipinski definition) is 6. The monoisotopic (exact) mass is 404 g/mol. The van der Waals surface area contributed by atoms with Crippen LogP contribution >= 0.6 is 0 Å². The number of carbonyl (C=O) groups excluding carboxylic acids is 2. The summed E-state index contributed by atoms with van der Waals surface area (Å²) in [5, 5.41) is 11.2. The third-order valence-corrected chi connectivity index (χ3v) is 6.69. The molecule has 9 heteroatoms. The van der Waals surface area contributed by atoms with Crippen LogP contribution in [0.25, 0.3) is 0 Å². The summed E-state index contributed by atoms with van der Waals surface area (Å²) in [5.74, 6) is 1.95. The highest BCUT2D eigenvalue weighted by Crippen LogP contribution is 2.41. The molecule has 0 spiro atoms. The molecule has 4 rings (SSSR count). The lowest BCUT2D eigenvalue weighted by Crippen LogP contribution is -2.67. The lowest BCUT2D eigenvalue weighted by Gasteiger charge is -2.56. The van der Waals surface area contributed by atoms with Crippen LogP contribution in [0, 0.1) is 11.8 Å². The van der Waals surface area contributed by atoms with Crippen molar-refractivity contribution in [1.82, 2.24) is 29.9 Å². The molecule has 29 heavy (non-hydrogen) atoms. The Balaban J connectivity index is 1.48. The summed E-state index contributed by atoms with van der Waals surface area (Å²) in [5.41, 5.74) is 0. The number of piperidine rings is 3. The Morgan fingerprint density at radius 2 is 2.17 bits per heavy atom. The number of aryl methyl sites for hydroxylation is 1. The van der Waals surface area contributed by atoms with E-state index >= 15 is 0 Å². The maximum atomic E-state index is 12.8. The molecule has 3 aliphatic heterocycles. The summed E-state index contributed by atoms with van der Waals surface area (Å²) in [6.07, 6.45) is 5.51. The second kappa shape index (κ2) is 8.79. The molecule has 3 fully saturated rings. The largest absolute Gasteiger partial charge is 0.372 e. The molecule has 160 valence electrons. The number of nitrogens with zero attached hydrogens (tertiary/aromatic N) is 5. The Bertz CT molecular complexity index is 738. The van der Waals surface area contributed by atoms with E-state index in [-0.39, 0.29) is 30.5 Å². The summed E-state index contributed by atoms with van der Waals surface area (Å²) in [6, 6.07) is 0.334. The molecule has 1 aromatic heterocycles. The first-order valence-corrected chi connectivity index (χ1v) is 10.8. The summed E-state index contributed by atoms with van der Waals surface area (Å²) in [7, 11) is 1.97. The topological polar surface area (TPSA) is 92.6 Å². The minimum Gasteiger partial charge on any atom is -0.372 e. The summed E-state index contributed by atoms with van der Waals surface area (Å²) in [6.45, 7) is 5.64. The van der Waals surface area contributed by atoms with Gasteiger partial charge < -0.3 is 19.5 Å². The van der Waals surface area contributed by atoms with Crippen molar-refractivity contribution in [3.8, 4) is 0 Å². The molecule has 1 aromatic rings. The van der Waals surface area contributed by atoms with Crippen molar-refractivity contribution in [2.24, 2.45) is 18.9 Å². The van der Waals surface area contributed by atoms with Crippen LogP contribution in [-0.4, -0.2) is 81.3 Å². The van der Waals surface area contributed by atoms with E-state index in [1.165, 1.54) is 0 Å². The molecule has 2 amide bonds. The van der Waals surface area contributed by atoms with Crippen LogP contribution in [0.2, 0.25) is 0 Å². The zero-order valence-corrected chi connectivity index (χ0v) is 17.4. The van der Waals surface area contributed by atoms with Crippen molar-refractivity contribution in [3.05, 3.63) is 12.2 Å². The van der Waals surface area contributed by atoms with Crippen molar-refractivity contribution in [2.75, 3.05) is 32.8 Å². The second-order valence-corrected chi connectivity index (χ2v) is 8.58. The Morgan fingerprint density at radius 1 is 1.34 bits per heavy atom. The minimum absolute atomic E-state index is 0.0527. The van der Waals surface area contributed by atoms with E-state index in [2.05, 4.69) is 25.3 Å². The molecular weight excluding hydrogens is 372 g/mol. The fourth-order valence-electron chi connectivity index (χ4n) is 5.38. The first kappa shape index (κ1) is 20.3. The number of carbonyl (C=O) groups is 2. The number of amides is 2. The molecule has 0 aromatic carbocycles. The van der Waals surface area contributed by atoms with Gasteiger partial charge in [-0.2, -0.15) is 0 Å². The molecule has 3 saturated heterocycles. The molecule has 4 atom stereocenters. The summed E-state index contributed by atoms with van der Waals surface area (Å²) >= 11 is 0. The van der Waals surface area contributed by atoms with Crippen LogP contribution in [0.5, 0.6) is 0 Å². The number of aromatic nitrogens is 3. The molecule has 0 radical (unpaired) electrons. The van der Waals surface area contributed by atoms with E-state index in [1.54, 1.807) is 6.33 Å². The van der Waals surface area contributed by atoms with E-state index < -0.39 is 0 Å². The average Bonchev–Trinajstić information content (AvgIpc) is 3.11. The third-order valence-electron chi connectivity index (χ3n) is 6.69. The zero-order chi connectivity index (χ0) is 20.4. The predicted octanol–water partition coefficient (Wildman–Crippen LogP) is 0.169. The molecule has 0 unspecified atom stereocenters. The SMILES string of the molecule is CCOCC(=O)NC[C@H]1[C@H]2C[C@H](CN(Cc3nncn3C)C2)[C@@H]2CCCC(=O)N21. The van der Waals surface area contributed by atoms with Gasteiger partial charge in [0.15, 0.2) is 0 Å². The van der Waals surface area contributed by atoms with Crippen LogP contribution in [0.1, 0.15) is 38.4 Å². The van der Waals surface area contributed by atoms with Gasteiger partial charge in [-0.25, -0.2) is 0 Å². The van der Waals surface area contributed by atoms with E-state index in [1.807, 2.05) is 18.5 Å². The summed E-state index contributed by atoms with van der Waals surface area (Å²) in [4.78, 5) is 29.5. The molecule has 3 aliphatic rings. The lowest BCUT2D eigenvalue weighted by molar-refractivity contribution is -0.153. The number of nitrogens with one attached hydrogen (secondary N) is 1. The number of rotatable bonds is 7. The van der Waals surface area contributed by atoms with E-state index in [0.29, 0.717) is 31.4 Å². The normalized spacial score (nSPS) is 29.6. The van der Waals surface area contributed by atoms with Crippen molar-refractivity contribution < 1.29 is 14.3 Å². The Morgan fingerprint density at radius 3 is 2.93 bits per heavy atom. The first-order chi connectivity index (χ1) is 14.1. The molecule has 0 saturated carbocycles. The van der Waals surface area contributed by atoms with Gasteiger partial charge in [0.2, 0.25) is 11.8 Å². The Hall–Kier alpha value is -2.00. The zero-order valence-electron chi connectivity index (χ0n) is 17.4. The molecule has 0 aliphatic carbocycles. The van der Waals surface area contributed by atoms with Crippen LogP contribution < -0.4 is 5.32 Å². The highest BCUT2D eigenvalue weighted by molar-refractivity contribution is 5.79. The Kier molecular flexibility index (Phi) is 6.15. The van der Waals surface area contributed by atoms with Gasteiger partial charge in [0.1, 0.15) is 18.8 Å². The van der Waals surface area contributed by atoms with Crippen LogP contribution in [0.3, 0.4) is 0 Å². The van der Waals surface area contributed by atoms with Crippen molar-refractivity contribution in [2.45, 2.75) is 51.2 Å². The van der Waals surface area contributed by atoms with Gasteiger partial charge in [0, 0.05) is 45.8 Å². The smallest absolute Gasteiger partial charge is 0.246 e. The number of likely N-dealkylation sites (tertiary alicyclic amines) is 1. The van der Waals surface area contributed by atoms with Crippen molar-refractivity contribution in [1.29, 1.82) is 0 Å². The van der Waals surface area contributed by atoms with Gasteiger partial charge in [0.05, 0.1) is 12.6 Å². The molecule has 9 nitrogen and oxygen atoms in total. The molecule has 4 heterocycles. The maximum Gasteiger partial charge on any atom is 0.246 e. The lowest BCUT2D eigenvalue weighted by atomic mass is 9.72. The molecule has 1 N–H and O–H groups in total. The summed E-state index contributed by atoms with van der Waals surface area (Å²) < 4.78 is 7.18. The predicted molar refractivity (Wildman–Crippen MR) is 106 cm³/mol. The van der Waals surface area contributed by atoms with E-state index in [0.717, 1.165) is 44.7 Å². The van der Waals surface area contributed by atoms with Crippen molar-refractivity contribution >= 4 is 11.8 Å². The molecule has 2 bridgehead atoms. The first-order valence-electron chi connectivity index (χ1n) is 10.8. The van der Waals surface area contributed by atoms with Crippen LogP contribution in [0.15, 0.2) is 6.33 Å². The second-order valence-electron chi connectivity index (χ2n) is 8.58. The highest BCUT2D eigenvalue weighted by Gasteiger charge is 2.49. The van der Waals surface area contributed by atoms with Gasteiger partial charge in [-0.15, -0.1) is 10.2 Å². The number of hydrogen-bond donors (Lipinski definition) is 1. The number of fused-ring (bicyclic) bond motifs is 4. The van der Waals surface area contributed by atoms with Gasteiger partial charge in [-0.3, -0.25) is 14.5 Å².